The number of benzene rings is 1. The van der Waals surface area contributed by atoms with E-state index < -0.39 is 0 Å². The number of nitrogens with one attached hydrogen (secondary N) is 1. The van der Waals surface area contributed by atoms with Crippen molar-refractivity contribution in [2.24, 2.45) is 0 Å². The molecule has 0 radical (unpaired) electrons. The molecule has 17 heavy (non-hydrogen) atoms. The zero-order chi connectivity index (χ0) is 12.1. The summed E-state index contributed by atoms with van der Waals surface area (Å²) >= 11 is 0. The molecule has 1 heterocycles. The maximum Gasteiger partial charge on any atom is 0.119 e. The van der Waals surface area contributed by atoms with Crippen LogP contribution in [-0.2, 0) is 13.1 Å². The van der Waals surface area contributed by atoms with Crippen molar-refractivity contribution in [3.8, 4) is 5.75 Å². The third kappa shape index (κ3) is 3.00. The van der Waals surface area contributed by atoms with Crippen molar-refractivity contribution in [3.63, 3.8) is 0 Å². The van der Waals surface area contributed by atoms with Gasteiger partial charge in [-0.1, -0.05) is 12.1 Å². The second-order valence-corrected chi connectivity index (χ2v) is 3.79. The Hall–Kier alpha value is -1.97. The van der Waals surface area contributed by atoms with Gasteiger partial charge in [-0.15, -0.1) is 0 Å². The number of aryl methyl sites for hydroxylation is 1. The van der Waals surface area contributed by atoms with Gasteiger partial charge in [0.1, 0.15) is 5.75 Å². The molecule has 2 rings (SSSR count). The Morgan fingerprint density at radius 2 is 2.29 bits per heavy atom. The van der Waals surface area contributed by atoms with Crippen LogP contribution in [0, 0.1) is 0 Å². The van der Waals surface area contributed by atoms with E-state index in [4.69, 9.17) is 4.74 Å². The molecule has 0 bridgehead atoms. The predicted molar refractivity (Wildman–Crippen MR) is 68.2 cm³/mol. The van der Waals surface area contributed by atoms with Crippen molar-refractivity contribution in [1.29, 1.82) is 0 Å². The van der Waals surface area contributed by atoms with Gasteiger partial charge in [-0.2, -0.15) is 5.10 Å². The molecule has 0 aliphatic heterocycles. The van der Waals surface area contributed by atoms with E-state index in [1.54, 1.807) is 7.11 Å². The smallest absolute Gasteiger partial charge is 0.119 e. The van der Waals surface area contributed by atoms with Crippen LogP contribution in [0.2, 0.25) is 0 Å². The lowest BCUT2D eigenvalue weighted by Crippen LogP contribution is -1.99. The number of nitrogens with zero attached hydrogens (tertiary/aromatic N) is 2. The molecule has 1 aromatic carbocycles. The molecule has 0 saturated carbocycles. The number of anilines is 1. The minimum absolute atomic E-state index is 0.770. The first-order chi connectivity index (χ1) is 8.31. The molecule has 4 nitrogen and oxygen atoms in total. The summed E-state index contributed by atoms with van der Waals surface area (Å²) in [4.78, 5) is 0. The zero-order valence-electron chi connectivity index (χ0n) is 10.2. The molecular weight excluding hydrogens is 214 g/mol. The normalized spacial score (nSPS) is 10.2. The minimum atomic E-state index is 0.770. The number of hydrogen-bond acceptors (Lipinski definition) is 3. The Kier molecular flexibility index (Phi) is 3.65. The molecule has 0 aliphatic rings. The summed E-state index contributed by atoms with van der Waals surface area (Å²) in [6.45, 7) is 3.73. The molecule has 0 amide bonds. The summed E-state index contributed by atoms with van der Waals surface area (Å²) in [6.07, 6.45) is 3.84. The first kappa shape index (κ1) is 11.5. The van der Waals surface area contributed by atoms with Crippen LogP contribution >= 0.6 is 0 Å². The molecule has 4 heteroatoms. The Bertz CT molecular complexity index is 479. The summed E-state index contributed by atoms with van der Waals surface area (Å²) in [5.74, 6) is 0.883. The Balaban J connectivity index is 1.96. The molecule has 0 fully saturated rings. The number of rotatable bonds is 5. The number of aromatic nitrogens is 2. The molecule has 0 spiro atoms. The van der Waals surface area contributed by atoms with Crippen LogP contribution in [0.1, 0.15) is 12.5 Å². The van der Waals surface area contributed by atoms with Gasteiger partial charge in [0.05, 0.1) is 19.0 Å². The molecule has 1 N–H and O–H groups in total. The van der Waals surface area contributed by atoms with Crippen LogP contribution in [0.4, 0.5) is 5.69 Å². The molecule has 0 unspecified atom stereocenters. The fraction of sp³-hybridized carbons (Fsp3) is 0.308. The molecule has 0 aliphatic carbocycles. The highest BCUT2D eigenvalue weighted by Gasteiger charge is 1.98. The van der Waals surface area contributed by atoms with Gasteiger partial charge in [-0.25, -0.2) is 0 Å². The Morgan fingerprint density at radius 3 is 3.00 bits per heavy atom. The fourth-order valence-electron chi connectivity index (χ4n) is 1.61. The van der Waals surface area contributed by atoms with Gasteiger partial charge in [0.15, 0.2) is 0 Å². The third-order valence-corrected chi connectivity index (χ3v) is 2.59. The molecule has 0 saturated heterocycles. The van der Waals surface area contributed by atoms with E-state index in [-0.39, 0.29) is 0 Å². The van der Waals surface area contributed by atoms with E-state index in [1.165, 1.54) is 5.56 Å². The van der Waals surface area contributed by atoms with Crippen molar-refractivity contribution in [1.82, 2.24) is 9.78 Å². The maximum absolute atomic E-state index is 5.18. The van der Waals surface area contributed by atoms with Gasteiger partial charge >= 0.3 is 0 Å². The third-order valence-electron chi connectivity index (χ3n) is 2.59. The van der Waals surface area contributed by atoms with Crippen LogP contribution in [0.3, 0.4) is 0 Å². The van der Waals surface area contributed by atoms with E-state index in [2.05, 4.69) is 23.4 Å². The largest absolute Gasteiger partial charge is 0.497 e. The number of ether oxygens (including phenoxy) is 1. The van der Waals surface area contributed by atoms with Crippen LogP contribution in [0.5, 0.6) is 5.75 Å². The fourth-order valence-corrected chi connectivity index (χ4v) is 1.61. The Morgan fingerprint density at radius 1 is 1.41 bits per heavy atom. The lowest BCUT2D eigenvalue weighted by molar-refractivity contribution is 0.414. The molecule has 90 valence electrons. The molecular formula is C13H17N3O. The highest BCUT2D eigenvalue weighted by molar-refractivity contribution is 5.40. The summed E-state index contributed by atoms with van der Waals surface area (Å²) < 4.78 is 7.08. The zero-order valence-corrected chi connectivity index (χ0v) is 10.2. The average molecular weight is 231 g/mol. The number of methoxy groups -OCH3 is 1. The average Bonchev–Trinajstić information content (AvgIpc) is 2.84. The monoisotopic (exact) mass is 231 g/mol. The topological polar surface area (TPSA) is 39.1 Å². The van der Waals surface area contributed by atoms with Crippen molar-refractivity contribution < 1.29 is 4.74 Å². The van der Waals surface area contributed by atoms with E-state index >= 15 is 0 Å². The van der Waals surface area contributed by atoms with Crippen molar-refractivity contribution in [2.45, 2.75) is 20.0 Å². The SMILES string of the molecule is CCn1cc(NCc2cccc(OC)c2)cn1. The van der Waals surface area contributed by atoms with Crippen molar-refractivity contribution >= 4 is 5.69 Å². The first-order valence-corrected chi connectivity index (χ1v) is 5.71. The summed E-state index contributed by atoms with van der Waals surface area (Å²) in [5.41, 5.74) is 2.23. The second kappa shape index (κ2) is 5.39. The Labute approximate surface area is 101 Å². The van der Waals surface area contributed by atoms with Gasteiger partial charge < -0.3 is 10.1 Å². The van der Waals surface area contributed by atoms with E-state index in [0.29, 0.717) is 0 Å². The first-order valence-electron chi connectivity index (χ1n) is 5.71. The van der Waals surface area contributed by atoms with E-state index in [0.717, 1.165) is 24.5 Å². The number of hydrogen-bond donors (Lipinski definition) is 1. The second-order valence-electron chi connectivity index (χ2n) is 3.79. The van der Waals surface area contributed by atoms with E-state index in [9.17, 15) is 0 Å². The van der Waals surface area contributed by atoms with E-state index in [1.807, 2.05) is 35.3 Å². The van der Waals surface area contributed by atoms with Crippen molar-refractivity contribution in [2.75, 3.05) is 12.4 Å². The molecule has 1 aromatic heterocycles. The quantitative estimate of drug-likeness (QED) is 0.859. The van der Waals surface area contributed by atoms with Gasteiger partial charge in [-0.3, -0.25) is 4.68 Å². The highest BCUT2D eigenvalue weighted by Crippen LogP contribution is 2.14. The summed E-state index contributed by atoms with van der Waals surface area (Å²) in [7, 11) is 1.68. The standard InChI is InChI=1S/C13H17N3O/c1-3-16-10-12(9-15-16)14-8-11-5-4-6-13(7-11)17-2/h4-7,9-10,14H,3,8H2,1-2H3. The summed E-state index contributed by atoms with van der Waals surface area (Å²) in [5, 5.41) is 7.54. The van der Waals surface area contributed by atoms with Crippen LogP contribution in [-0.4, -0.2) is 16.9 Å². The van der Waals surface area contributed by atoms with Gasteiger partial charge in [0, 0.05) is 19.3 Å². The van der Waals surface area contributed by atoms with Gasteiger partial charge in [-0.05, 0) is 24.6 Å². The summed E-state index contributed by atoms with van der Waals surface area (Å²) in [6, 6.07) is 8.03. The maximum atomic E-state index is 5.18. The van der Waals surface area contributed by atoms with Crippen LogP contribution in [0.25, 0.3) is 0 Å². The van der Waals surface area contributed by atoms with Crippen molar-refractivity contribution in [3.05, 3.63) is 42.2 Å². The lowest BCUT2D eigenvalue weighted by atomic mass is 10.2. The van der Waals surface area contributed by atoms with Crippen LogP contribution in [0.15, 0.2) is 36.7 Å². The van der Waals surface area contributed by atoms with Gasteiger partial charge in [0.25, 0.3) is 0 Å². The molecule has 0 atom stereocenters. The lowest BCUT2D eigenvalue weighted by Gasteiger charge is -2.05. The predicted octanol–water partition coefficient (Wildman–Crippen LogP) is 2.52. The molecule has 2 aromatic rings. The van der Waals surface area contributed by atoms with Crippen LogP contribution < -0.4 is 10.1 Å². The highest BCUT2D eigenvalue weighted by atomic mass is 16.5. The minimum Gasteiger partial charge on any atom is -0.497 e. The van der Waals surface area contributed by atoms with Gasteiger partial charge in [0.2, 0.25) is 0 Å².